The number of benzene rings is 2. The zero-order valence-electron chi connectivity index (χ0n) is 13.2. The largest absolute Gasteiger partial charge is 0.441 e. The Bertz CT molecular complexity index is 806. The van der Waals surface area contributed by atoms with Crippen LogP contribution in [-0.4, -0.2) is 28.4 Å². The summed E-state index contributed by atoms with van der Waals surface area (Å²) in [6.45, 7) is 0. The molecule has 2 aromatic rings. The Morgan fingerprint density at radius 1 is 1.00 bits per heavy atom. The standard InChI is InChI=1S/C18H15F3N2OS/c1-25-16-22-15(13-8-4-2-5-9-13)12-17(24,18(19,20)21)23(16)14-10-6-3-7-11-14/h2-12,24H,1H3. The minimum atomic E-state index is -4.92. The molecule has 0 fully saturated rings. The highest BCUT2D eigenvalue weighted by molar-refractivity contribution is 8.13. The van der Waals surface area contributed by atoms with Crippen molar-refractivity contribution in [3.05, 3.63) is 72.3 Å². The molecule has 1 atom stereocenters. The number of thioether (sulfide) groups is 1. The molecule has 0 aliphatic carbocycles. The number of aliphatic imine (C=N–C) groups is 1. The van der Waals surface area contributed by atoms with Crippen LogP contribution in [0.3, 0.4) is 0 Å². The number of aliphatic hydroxyl groups is 1. The third-order valence-corrected chi connectivity index (χ3v) is 4.41. The van der Waals surface area contributed by atoms with E-state index in [0.29, 0.717) is 5.56 Å². The van der Waals surface area contributed by atoms with Gasteiger partial charge in [-0.2, -0.15) is 13.2 Å². The van der Waals surface area contributed by atoms with Gasteiger partial charge in [0.15, 0.2) is 5.17 Å². The van der Waals surface area contributed by atoms with Crippen LogP contribution in [0.15, 0.2) is 71.7 Å². The van der Waals surface area contributed by atoms with Crippen LogP contribution in [0.25, 0.3) is 5.70 Å². The average molecular weight is 364 g/mol. The molecule has 0 saturated carbocycles. The fourth-order valence-corrected chi connectivity index (χ4v) is 3.19. The van der Waals surface area contributed by atoms with Crippen LogP contribution in [0.1, 0.15) is 5.56 Å². The first-order chi connectivity index (χ1) is 11.9. The number of rotatable bonds is 2. The average Bonchev–Trinajstić information content (AvgIpc) is 2.61. The van der Waals surface area contributed by atoms with Gasteiger partial charge in [0.05, 0.1) is 5.70 Å². The first kappa shape index (κ1) is 17.6. The summed E-state index contributed by atoms with van der Waals surface area (Å²) in [5.41, 5.74) is -2.40. The van der Waals surface area contributed by atoms with Gasteiger partial charge >= 0.3 is 6.18 Å². The Balaban J connectivity index is 2.20. The van der Waals surface area contributed by atoms with Crippen molar-refractivity contribution in [2.45, 2.75) is 11.9 Å². The lowest BCUT2D eigenvalue weighted by Gasteiger charge is -2.42. The predicted octanol–water partition coefficient (Wildman–Crippen LogP) is 4.52. The SMILES string of the molecule is CSC1=NC(c2ccccc2)=CC(O)(C(F)(F)F)N1c1ccccc1. The molecule has 0 bridgehead atoms. The number of hydrogen-bond acceptors (Lipinski definition) is 4. The molecule has 3 rings (SSSR count). The van der Waals surface area contributed by atoms with E-state index in [-0.39, 0.29) is 16.6 Å². The lowest BCUT2D eigenvalue weighted by atomic mass is 10.0. The minimum Gasteiger partial charge on any atom is -0.360 e. The maximum absolute atomic E-state index is 13.9. The second-order valence-electron chi connectivity index (χ2n) is 5.39. The Hall–Kier alpha value is -2.25. The van der Waals surface area contributed by atoms with Crippen molar-refractivity contribution >= 4 is 28.3 Å². The van der Waals surface area contributed by atoms with Crippen molar-refractivity contribution in [2.24, 2.45) is 4.99 Å². The van der Waals surface area contributed by atoms with Gasteiger partial charge in [-0.1, -0.05) is 60.3 Å². The zero-order chi connectivity index (χ0) is 18.1. The molecule has 1 aliphatic heterocycles. The Morgan fingerprint density at radius 3 is 2.08 bits per heavy atom. The second-order valence-corrected chi connectivity index (χ2v) is 6.16. The summed E-state index contributed by atoms with van der Waals surface area (Å²) < 4.78 is 41.6. The number of para-hydroxylation sites is 1. The van der Waals surface area contributed by atoms with Crippen molar-refractivity contribution in [3.8, 4) is 0 Å². The van der Waals surface area contributed by atoms with Gasteiger partial charge < -0.3 is 5.11 Å². The lowest BCUT2D eigenvalue weighted by Crippen LogP contribution is -2.61. The fourth-order valence-electron chi connectivity index (χ4n) is 2.57. The first-order valence-corrected chi connectivity index (χ1v) is 8.64. The van der Waals surface area contributed by atoms with E-state index in [1.165, 1.54) is 12.1 Å². The van der Waals surface area contributed by atoms with E-state index in [1.807, 2.05) is 0 Å². The molecule has 1 heterocycles. The van der Waals surface area contributed by atoms with Crippen LogP contribution >= 0.6 is 11.8 Å². The number of alkyl halides is 3. The summed E-state index contributed by atoms with van der Waals surface area (Å²) in [6, 6.07) is 16.4. The highest BCUT2D eigenvalue weighted by atomic mass is 32.2. The second kappa shape index (κ2) is 6.57. The van der Waals surface area contributed by atoms with Gasteiger partial charge in [-0.05, 0) is 18.4 Å². The van der Waals surface area contributed by atoms with Crippen molar-refractivity contribution < 1.29 is 18.3 Å². The minimum absolute atomic E-state index is 0.0624. The van der Waals surface area contributed by atoms with Gasteiger partial charge in [0.25, 0.3) is 5.72 Å². The van der Waals surface area contributed by atoms with E-state index in [2.05, 4.69) is 4.99 Å². The molecule has 0 spiro atoms. The molecule has 1 N–H and O–H groups in total. The quantitative estimate of drug-likeness (QED) is 0.851. The third kappa shape index (κ3) is 3.17. The molecule has 7 heteroatoms. The van der Waals surface area contributed by atoms with E-state index in [4.69, 9.17) is 0 Å². The summed E-state index contributed by atoms with van der Waals surface area (Å²) in [6.07, 6.45) is -2.53. The van der Waals surface area contributed by atoms with Crippen molar-refractivity contribution in [1.82, 2.24) is 0 Å². The molecular formula is C18H15F3N2OS. The Morgan fingerprint density at radius 2 is 1.56 bits per heavy atom. The van der Waals surface area contributed by atoms with Gasteiger partial charge in [0.2, 0.25) is 0 Å². The molecule has 0 amide bonds. The number of hydrogen-bond donors (Lipinski definition) is 1. The van der Waals surface area contributed by atoms with Crippen LogP contribution in [-0.2, 0) is 0 Å². The predicted molar refractivity (Wildman–Crippen MR) is 95.3 cm³/mol. The summed E-state index contributed by atoms with van der Waals surface area (Å²) in [4.78, 5) is 5.15. The van der Waals surface area contributed by atoms with Crippen molar-refractivity contribution in [1.29, 1.82) is 0 Å². The summed E-state index contributed by atoms with van der Waals surface area (Å²) in [5.74, 6) is 0. The zero-order valence-corrected chi connectivity index (χ0v) is 14.1. The molecule has 0 saturated heterocycles. The Kier molecular flexibility index (Phi) is 4.62. The van der Waals surface area contributed by atoms with Gasteiger partial charge in [-0.25, -0.2) is 4.99 Å². The number of anilines is 1. The molecule has 2 aromatic carbocycles. The maximum Gasteiger partial charge on any atom is 0.441 e. The van der Waals surface area contributed by atoms with Gasteiger partial charge in [-0.3, -0.25) is 4.90 Å². The van der Waals surface area contributed by atoms with Gasteiger partial charge in [-0.15, -0.1) is 0 Å². The smallest absolute Gasteiger partial charge is 0.360 e. The van der Waals surface area contributed by atoms with Crippen molar-refractivity contribution in [3.63, 3.8) is 0 Å². The summed E-state index contributed by atoms with van der Waals surface area (Å²) >= 11 is 1.04. The summed E-state index contributed by atoms with van der Waals surface area (Å²) in [5, 5.41) is 10.7. The van der Waals surface area contributed by atoms with Gasteiger partial charge in [0.1, 0.15) is 0 Å². The monoisotopic (exact) mass is 364 g/mol. The first-order valence-electron chi connectivity index (χ1n) is 7.42. The Labute approximate surface area is 147 Å². The molecule has 130 valence electrons. The normalized spacial score (nSPS) is 20.9. The molecule has 25 heavy (non-hydrogen) atoms. The van der Waals surface area contributed by atoms with Gasteiger partial charge in [0, 0.05) is 17.3 Å². The number of halogens is 3. The molecule has 0 radical (unpaired) electrons. The fraction of sp³-hybridized carbons (Fsp3) is 0.167. The van der Waals surface area contributed by atoms with E-state index >= 15 is 0 Å². The van der Waals surface area contributed by atoms with E-state index in [0.717, 1.165) is 22.7 Å². The summed E-state index contributed by atoms with van der Waals surface area (Å²) in [7, 11) is 0. The lowest BCUT2D eigenvalue weighted by molar-refractivity contribution is -0.235. The van der Waals surface area contributed by atoms with E-state index in [1.54, 1.807) is 54.8 Å². The van der Waals surface area contributed by atoms with Crippen LogP contribution in [0.5, 0.6) is 0 Å². The highest BCUT2D eigenvalue weighted by Crippen LogP contribution is 2.43. The van der Waals surface area contributed by atoms with Crippen LogP contribution < -0.4 is 4.90 Å². The highest BCUT2D eigenvalue weighted by Gasteiger charge is 2.59. The van der Waals surface area contributed by atoms with E-state index < -0.39 is 11.9 Å². The number of nitrogens with zero attached hydrogens (tertiary/aromatic N) is 2. The molecule has 1 unspecified atom stereocenters. The molecule has 3 nitrogen and oxygen atoms in total. The molecule has 0 aromatic heterocycles. The van der Waals surface area contributed by atoms with Crippen molar-refractivity contribution in [2.75, 3.05) is 11.2 Å². The van der Waals surface area contributed by atoms with Crippen LogP contribution in [0.4, 0.5) is 18.9 Å². The third-order valence-electron chi connectivity index (χ3n) is 3.77. The van der Waals surface area contributed by atoms with E-state index in [9.17, 15) is 18.3 Å². The van der Waals surface area contributed by atoms with Crippen LogP contribution in [0, 0.1) is 0 Å². The van der Waals surface area contributed by atoms with Crippen LogP contribution in [0.2, 0.25) is 0 Å². The maximum atomic E-state index is 13.9. The molecular weight excluding hydrogens is 349 g/mol. The number of amidine groups is 1. The molecule has 1 aliphatic rings. The topological polar surface area (TPSA) is 35.8 Å².